The molecule has 1 aromatic heterocycles. The molecule has 2 nitrogen and oxygen atoms in total. The molecule has 1 heterocycles. The molecule has 0 unspecified atom stereocenters. The Morgan fingerprint density at radius 3 is 1.89 bits per heavy atom. The van der Waals surface area contributed by atoms with Crippen LogP contribution in [0, 0.1) is 6.92 Å². The molecule has 246 valence electrons. The zero-order chi connectivity index (χ0) is 34.8. The highest BCUT2D eigenvalue weighted by Gasteiger charge is 2.53. The minimum Gasteiger partial charge on any atom is -0.297 e. The highest BCUT2D eigenvalue weighted by atomic mass is 15.1. The molecule has 0 fully saturated rings. The Bertz CT molecular complexity index is 3150. The summed E-state index contributed by atoms with van der Waals surface area (Å²) in [6, 6.07) is 65.5. The number of rotatable bonds is 2. The van der Waals surface area contributed by atoms with E-state index in [2.05, 4.69) is 187 Å². The maximum atomic E-state index is 4.85. The molecule has 0 saturated carbocycles. The third-order valence-corrected chi connectivity index (χ3v) is 12.1. The average molecular weight is 673 g/mol. The van der Waals surface area contributed by atoms with E-state index >= 15 is 0 Å². The molecule has 0 N–H and O–H groups in total. The summed E-state index contributed by atoms with van der Waals surface area (Å²) >= 11 is 0. The lowest BCUT2D eigenvalue weighted by Gasteiger charge is -2.32. The second kappa shape index (κ2) is 10.4. The normalized spacial score (nSPS) is 13.5. The van der Waals surface area contributed by atoms with Gasteiger partial charge in [0.05, 0.1) is 16.4 Å². The maximum Gasteiger partial charge on any atom is 0.111 e. The lowest BCUT2D eigenvalue weighted by atomic mass is 9.68. The van der Waals surface area contributed by atoms with Crippen LogP contribution in [0.3, 0.4) is 0 Å². The maximum absolute atomic E-state index is 4.85. The van der Waals surface area contributed by atoms with Crippen molar-refractivity contribution in [1.82, 2.24) is 9.55 Å². The summed E-state index contributed by atoms with van der Waals surface area (Å²) in [6.45, 7) is 2.09. The standard InChI is InChI=1S/C51H32N2/c1-31-52-46-23-10-11-24-47(46)53(31)35-14-12-13-32(30-35)33-25-27-36-34(29-33)26-28-43-48-41-19-4-2-15-37(41)38-16-3-5-20-42(38)50(48)51(49(36)43)44-21-8-6-17-39(44)40-18-7-9-22-45(40)51/h2-30H,1H3. The van der Waals surface area contributed by atoms with E-state index in [9.17, 15) is 0 Å². The van der Waals surface area contributed by atoms with Crippen LogP contribution in [0.2, 0.25) is 0 Å². The van der Waals surface area contributed by atoms with Gasteiger partial charge in [0, 0.05) is 5.69 Å². The highest BCUT2D eigenvalue weighted by Crippen LogP contribution is 2.66. The van der Waals surface area contributed by atoms with Gasteiger partial charge in [-0.05, 0) is 125 Å². The third kappa shape index (κ3) is 3.65. The van der Waals surface area contributed by atoms with Gasteiger partial charge in [0.15, 0.2) is 0 Å². The molecule has 0 saturated heterocycles. The molecule has 12 rings (SSSR count). The molecule has 0 amide bonds. The zero-order valence-corrected chi connectivity index (χ0v) is 29.1. The van der Waals surface area contributed by atoms with Crippen molar-refractivity contribution in [2.24, 2.45) is 0 Å². The Hall–Kier alpha value is -6.77. The second-order valence-electron chi connectivity index (χ2n) is 14.6. The third-order valence-electron chi connectivity index (χ3n) is 12.1. The molecule has 9 aromatic carbocycles. The van der Waals surface area contributed by atoms with E-state index in [1.807, 2.05) is 0 Å². The van der Waals surface area contributed by atoms with Crippen molar-refractivity contribution in [3.05, 3.63) is 204 Å². The van der Waals surface area contributed by atoms with Gasteiger partial charge in [-0.2, -0.15) is 0 Å². The van der Waals surface area contributed by atoms with E-state index in [4.69, 9.17) is 4.98 Å². The quantitative estimate of drug-likeness (QED) is 0.167. The van der Waals surface area contributed by atoms with Gasteiger partial charge in [-0.1, -0.05) is 146 Å². The van der Waals surface area contributed by atoms with Crippen molar-refractivity contribution in [3.8, 4) is 39.1 Å². The number of hydrogen-bond donors (Lipinski definition) is 0. The van der Waals surface area contributed by atoms with Gasteiger partial charge in [-0.25, -0.2) is 4.98 Å². The SMILES string of the molecule is Cc1nc2ccccc2n1-c1cccc(-c2ccc3c4c(ccc3c2)-c2c(c3ccccc3c3ccccc23)C42c3ccccc3-c3ccccc32)c1. The Kier molecular flexibility index (Phi) is 5.67. The lowest BCUT2D eigenvalue weighted by Crippen LogP contribution is -2.26. The summed E-state index contributed by atoms with van der Waals surface area (Å²) in [6.07, 6.45) is 0. The van der Waals surface area contributed by atoms with E-state index in [0.717, 1.165) is 22.5 Å². The topological polar surface area (TPSA) is 17.8 Å². The van der Waals surface area contributed by atoms with E-state index in [1.54, 1.807) is 0 Å². The number of benzene rings is 9. The fourth-order valence-corrected chi connectivity index (χ4v) is 10.1. The first-order valence-electron chi connectivity index (χ1n) is 18.5. The summed E-state index contributed by atoms with van der Waals surface area (Å²) < 4.78 is 2.26. The van der Waals surface area contributed by atoms with Gasteiger partial charge in [-0.15, -0.1) is 0 Å². The molecule has 0 atom stereocenters. The summed E-state index contributed by atoms with van der Waals surface area (Å²) in [5, 5.41) is 7.81. The van der Waals surface area contributed by atoms with Crippen LogP contribution in [0.1, 0.15) is 28.1 Å². The molecule has 53 heavy (non-hydrogen) atoms. The average Bonchev–Trinajstić information content (AvgIpc) is 3.84. The molecule has 0 bridgehead atoms. The summed E-state index contributed by atoms with van der Waals surface area (Å²) in [4.78, 5) is 4.85. The first-order chi connectivity index (χ1) is 26.2. The van der Waals surface area contributed by atoms with E-state index in [-0.39, 0.29) is 0 Å². The minimum atomic E-state index is -0.470. The van der Waals surface area contributed by atoms with Crippen molar-refractivity contribution in [2.75, 3.05) is 0 Å². The van der Waals surface area contributed by atoms with Crippen molar-refractivity contribution in [2.45, 2.75) is 12.3 Å². The lowest BCUT2D eigenvalue weighted by molar-refractivity contribution is 0.809. The van der Waals surface area contributed by atoms with Crippen LogP contribution in [-0.4, -0.2) is 9.55 Å². The summed E-state index contributed by atoms with van der Waals surface area (Å²) in [7, 11) is 0. The van der Waals surface area contributed by atoms with E-state index in [0.29, 0.717) is 0 Å². The zero-order valence-electron chi connectivity index (χ0n) is 29.1. The van der Waals surface area contributed by atoms with E-state index < -0.39 is 5.41 Å². The molecule has 0 radical (unpaired) electrons. The first kappa shape index (κ1) is 28.9. The fraction of sp³-hybridized carbons (Fsp3) is 0.0392. The van der Waals surface area contributed by atoms with Gasteiger partial charge in [0.25, 0.3) is 0 Å². The van der Waals surface area contributed by atoms with Crippen LogP contribution >= 0.6 is 0 Å². The monoisotopic (exact) mass is 672 g/mol. The smallest absolute Gasteiger partial charge is 0.111 e. The summed E-state index contributed by atoms with van der Waals surface area (Å²) in [5.74, 6) is 0.986. The molecule has 2 heteroatoms. The van der Waals surface area contributed by atoms with Crippen molar-refractivity contribution in [1.29, 1.82) is 0 Å². The van der Waals surface area contributed by atoms with Crippen molar-refractivity contribution in [3.63, 3.8) is 0 Å². The van der Waals surface area contributed by atoms with Gasteiger partial charge < -0.3 is 0 Å². The van der Waals surface area contributed by atoms with Crippen LogP contribution in [0.4, 0.5) is 0 Å². The number of hydrogen-bond acceptors (Lipinski definition) is 1. The first-order valence-corrected chi connectivity index (χ1v) is 18.5. The largest absolute Gasteiger partial charge is 0.297 e. The van der Waals surface area contributed by atoms with Crippen LogP contribution in [0.15, 0.2) is 176 Å². The molecule has 2 aliphatic carbocycles. The van der Waals surface area contributed by atoms with Gasteiger partial charge in [-0.3, -0.25) is 4.57 Å². The number of imidazole rings is 1. The Labute approximate surface area is 307 Å². The molecule has 2 aliphatic rings. The minimum absolute atomic E-state index is 0.470. The second-order valence-corrected chi connectivity index (χ2v) is 14.6. The number of aromatic nitrogens is 2. The summed E-state index contributed by atoms with van der Waals surface area (Å²) in [5.41, 5.74) is 16.1. The van der Waals surface area contributed by atoms with Crippen LogP contribution in [-0.2, 0) is 5.41 Å². The molecule has 10 aromatic rings. The Morgan fingerprint density at radius 1 is 0.453 bits per heavy atom. The fourth-order valence-electron chi connectivity index (χ4n) is 10.1. The molecule has 1 spiro atoms. The highest BCUT2D eigenvalue weighted by molar-refractivity contribution is 6.21. The number of fused-ring (bicyclic) bond motifs is 18. The molecular formula is C51H32N2. The van der Waals surface area contributed by atoms with Crippen molar-refractivity contribution < 1.29 is 0 Å². The van der Waals surface area contributed by atoms with Crippen molar-refractivity contribution >= 4 is 43.4 Å². The van der Waals surface area contributed by atoms with Crippen LogP contribution in [0.25, 0.3) is 82.4 Å². The predicted molar refractivity (Wildman–Crippen MR) is 220 cm³/mol. The Morgan fingerprint density at radius 2 is 1.09 bits per heavy atom. The van der Waals surface area contributed by atoms with E-state index in [1.165, 1.54) is 88.0 Å². The number of nitrogens with zero attached hydrogens (tertiary/aromatic N) is 2. The predicted octanol–water partition coefficient (Wildman–Crippen LogP) is 12.8. The van der Waals surface area contributed by atoms with Gasteiger partial charge >= 0.3 is 0 Å². The Balaban J connectivity index is 1.16. The number of aryl methyl sites for hydroxylation is 1. The molecular weight excluding hydrogens is 641 g/mol. The van der Waals surface area contributed by atoms with Gasteiger partial charge in [0.2, 0.25) is 0 Å². The molecule has 0 aliphatic heterocycles. The van der Waals surface area contributed by atoms with Crippen LogP contribution in [0.5, 0.6) is 0 Å². The van der Waals surface area contributed by atoms with Gasteiger partial charge in [0.1, 0.15) is 5.82 Å². The number of para-hydroxylation sites is 2. The van der Waals surface area contributed by atoms with Crippen LogP contribution < -0.4 is 0 Å².